The Balaban J connectivity index is 2.26. The zero-order valence-corrected chi connectivity index (χ0v) is 10.9. The number of aliphatic hydroxyl groups is 1. The number of piperidine rings is 1. The van der Waals surface area contributed by atoms with Gasteiger partial charge in [0.1, 0.15) is 0 Å². The maximum atomic E-state index is 12.3. The minimum absolute atomic E-state index is 0.00667. The second kappa shape index (κ2) is 5.24. The fraction of sp³-hybridized carbons (Fsp3) is 0.455. The van der Waals surface area contributed by atoms with Gasteiger partial charge in [0.05, 0.1) is 15.9 Å². The fourth-order valence-corrected chi connectivity index (χ4v) is 3.54. The summed E-state index contributed by atoms with van der Waals surface area (Å²) < 4.78 is 25.7. The molecule has 104 valence electrons. The molecule has 1 aliphatic rings. The number of hydrogen-bond donors (Lipinski definition) is 1. The van der Waals surface area contributed by atoms with E-state index in [2.05, 4.69) is 0 Å². The van der Waals surface area contributed by atoms with Crippen molar-refractivity contribution in [2.75, 3.05) is 13.1 Å². The Labute approximate surface area is 110 Å². The van der Waals surface area contributed by atoms with Gasteiger partial charge in [-0.3, -0.25) is 10.1 Å². The molecule has 0 amide bonds. The average Bonchev–Trinajstić information content (AvgIpc) is 2.39. The SMILES string of the molecule is O=[N+]([O-])c1ccc(S(=O)(=O)N2CCC[C@H](O)C2)cc1. The summed E-state index contributed by atoms with van der Waals surface area (Å²) in [5.74, 6) is 0. The van der Waals surface area contributed by atoms with Crippen LogP contribution in [0.1, 0.15) is 12.8 Å². The van der Waals surface area contributed by atoms with E-state index in [9.17, 15) is 23.6 Å². The van der Waals surface area contributed by atoms with Crippen LogP contribution in [0.5, 0.6) is 0 Å². The van der Waals surface area contributed by atoms with E-state index in [0.717, 1.165) is 12.1 Å². The Morgan fingerprint density at radius 3 is 2.47 bits per heavy atom. The summed E-state index contributed by atoms with van der Waals surface area (Å²) in [6.45, 7) is 0.426. The van der Waals surface area contributed by atoms with E-state index in [1.54, 1.807) is 0 Å². The highest BCUT2D eigenvalue weighted by atomic mass is 32.2. The summed E-state index contributed by atoms with van der Waals surface area (Å²) in [7, 11) is -3.69. The standard InChI is InChI=1S/C11H14N2O5S/c14-10-2-1-7-12(8-10)19(17,18)11-5-3-9(4-6-11)13(15)16/h3-6,10,14H,1-2,7-8H2/t10-/m0/s1. The quantitative estimate of drug-likeness (QED) is 0.652. The maximum absolute atomic E-state index is 12.3. The molecule has 19 heavy (non-hydrogen) atoms. The van der Waals surface area contributed by atoms with Crippen molar-refractivity contribution in [1.82, 2.24) is 4.31 Å². The summed E-state index contributed by atoms with van der Waals surface area (Å²) in [6, 6.07) is 4.75. The smallest absolute Gasteiger partial charge is 0.269 e. The van der Waals surface area contributed by atoms with Gasteiger partial charge in [0.2, 0.25) is 10.0 Å². The number of hydrogen-bond acceptors (Lipinski definition) is 5. The van der Waals surface area contributed by atoms with Crippen LogP contribution in [0.4, 0.5) is 5.69 Å². The summed E-state index contributed by atoms with van der Waals surface area (Å²) in [5.41, 5.74) is -0.155. The number of benzene rings is 1. The number of sulfonamides is 1. The van der Waals surface area contributed by atoms with Crippen LogP contribution in [0.15, 0.2) is 29.2 Å². The summed E-state index contributed by atoms with van der Waals surface area (Å²) >= 11 is 0. The van der Waals surface area contributed by atoms with Gasteiger partial charge in [0.25, 0.3) is 5.69 Å². The number of nitro groups is 1. The fourth-order valence-electron chi connectivity index (χ4n) is 2.03. The van der Waals surface area contributed by atoms with Gasteiger partial charge in [-0.15, -0.1) is 0 Å². The van der Waals surface area contributed by atoms with Crippen molar-refractivity contribution in [2.24, 2.45) is 0 Å². The Kier molecular flexibility index (Phi) is 3.83. The first-order valence-electron chi connectivity index (χ1n) is 5.84. The van der Waals surface area contributed by atoms with Crippen molar-refractivity contribution in [2.45, 2.75) is 23.8 Å². The zero-order chi connectivity index (χ0) is 14.0. The third-order valence-corrected chi connectivity index (χ3v) is 4.92. The number of non-ortho nitro benzene ring substituents is 1. The predicted octanol–water partition coefficient (Wildman–Crippen LogP) is 0.740. The third-order valence-electron chi connectivity index (χ3n) is 3.04. The lowest BCUT2D eigenvalue weighted by atomic mass is 10.1. The lowest BCUT2D eigenvalue weighted by Crippen LogP contribution is -2.42. The molecule has 2 rings (SSSR count). The molecule has 1 aromatic rings. The molecular weight excluding hydrogens is 272 g/mol. The number of nitrogens with zero attached hydrogens (tertiary/aromatic N) is 2. The van der Waals surface area contributed by atoms with E-state index < -0.39 is 21.1 Å². The van der Waals surface area contributed by atoms with Gasteiger partial charge in [-0.2, -0.15) is 4.31 Å². The van der Waals surface area contributed by atoms with E-state index >= 15 is 0 Å². The van der Waals surface area contributed by atoms with E-state index in [1.807, 2.05) is 0 Å². The minimum atomic E-state index is -3.69. The molecule has 1 aromatic carbocycles. The number of rotatable bonds is 3. The lowest BCUT2D eigenvalue weighted by Gasteiger charge is -2.29. The molecule has 0 radical (unpaired) electrons. The molecule has 1 saturated heterocycles. The maximum Gasteiger partial charge on any atom is 0.269 e. The van der Waals surface area contributed by atoms with Crippen LogP contribution in [0.3, 0.4) is 0 Å². The van der Waals surface area contributed by atoms with Gasteiger partial charge >= 0.3 is 0 Å². The molecule has 0 aromatic heterocycles. The van der Waals surface area contributed by atoms with Gasteiger partial charge in [-0.05, 0) is 25.0 Å². The van der Waals surface area contributed by atoms with Crippen molar-refractivity contribution in [1.29, 1.82) is 0 Å². The van der Waals surface area contributed by atoms with Crippen LogP contribution >= 0.6 is 0 Å². The van der Waals surface area contributed by atoms with Crippen LogP contribution in [-0.2, 0) is 10.0 Å². The second-order valence-corrected chi connectivity index (χ2v) is 6.35. The van der Waals surface area contributed by atoms with Crippen molar-refractivity contribution < 1.29 is 18.4 Å². The van der Waals surface area contributed by atoms with E-state index in [4.69, 9.17) is 0 Å². The van der Waals surface area contributed by atoms with Crippen LogP contribution in [0, 0.1) is 10.1 Å². The van der Waals surface area contributed by atoms with E-state index in [1.165, 1.54) is 16.4 Å². The van der Waals surface area contributed by atoms with Gasteiger partial charge in [-0.25, -0.2) is 8.42 Å². The number of β-amino-alcohol motifs (C(OH)–C–C–N with tert-alkyl or cyclic N) is 1. The molecule has 1 atom stereocenters. The minimum Gasteiger partial charge on any atom is -0.392 e. The molecule has 0 bridgehead atoms. The van der Waals surface area contributed by atoms with Gasteiger partial charge in [-0.1, -0.05) is 0 Å². The van der Waals surface area contributed by atoms with Crippen molar-refractivity contribution in [3.8, 4) is 0 Å². The van der Waals surface area contributed by atoms with Crippen LogP contribution in [-0.4, -0.2) is 41.9 Å². The number of aliphatic hydroxyl groups excluding tert-OH is 1. The summed E-state index contributed by atoms with van der Waals surface area (Å²) in [5, 5.41) is 20.0. The Morgan fingerprint density at radius 1 is 1.32 bits per heavy atom. The molecule has 1 aliphatic heterocycles. The molecule has 0 saturated carbocycles. The summed E-state index contributed by atoms with van der Waals surface area (Å²) in [4.78, 5) is 9.94. The molecule has 7 nitrogen and oxygen atoms in total. The van der Waals surface area contributed by atoms with Crippen molar-refractivity contribution in [3.05, 3.63) is 34.4 Å². The average molecular weight is 286 g/mol. The molecule has 0 unspecified atom stereocenters. The van der Waals surface area contributed by atoms with Gasteiger partial charge in [0, 0.05) is 25.2 Å². The first kappa shape index (κ1) is 13.9. The molecule has 0 spiro atoms. The van der Waals surface area contributed by atoms with Crippen LogP contribution in [0.2, 0.25) is 0 Å². The lowest BCUT2D eigenvalue weighted by molar-refractivity contribution is -0.384. The molecule has 1 fully saturated rings. The topological polar surface area (TPSA) is 101 Å². The Morgan fingerprint density at radius 2 is 1.95 bits per heavy atom. The van der Waals surface area contributed by atoms with Gasteiger partial charge in [0.15, 0.2) is 0 Å². The Bertz CT molecular complexity index is 569. The molecule has 1 heterocycles. The van der Waals surface area contributed by atoms with E-state index in [-0.39, 0.29) is 17.1 Å². The first-order valence-corrected chi connectivity index (χ1v) is 7.28. The molecular formula is C11H14N2O5S. The highest BCUT2D eigenvalue weighted by Gasteiger charge is 2.29. The zero-order valence-electron chi connectivity index (χ0n) is 10.1. The number of nitro benzene ring substituents is 1. The highest BCUT2D eigenvalue weighted by molar-refractivity contribution is 7.89. The third kappa shape index (κ3) is 2.91. The summed E-state index contributed by atoms with van der Waals surface area (Å²) in [6.07, 6.45) is 0.543. The van der Waals surface area contributed by atoms with Gasteiger partial charge < -0.3 is 5.11 Å². The normalized spacial score (nSPS) is 21.2. The molecule has 1 N–H and O–H groups in total. The first-order chi connectivity index (χ1) is 8.91. The predicted molar refractivity (Wildman–Crippen MR) is 67.1 cm³/mol. The highest BCUT2D eigenvalue weighted by Crippen LogP contribution is 2.22. The van der Waals surface area contributed by atoms with Crippen molar-refractivity contribution in [3.63, 3.8) is 0 Å². The molecule has 0 aliphatic carbocycles. The second-order valence-electron chi connectivity index (χ2n) is 4.41. The van der Waals surface area contributed by atoms with Crippen molar-refractivity contribution >= 4 is 15.7 Å². The van der Waals surface area contributed by atoms with E-state index in [0.29, 0.717) is 19.4 Å². The van der Waals surface area contributed by atoms with Crippen LogP contribution in [0.25, 0.3) is 0 Å². The Hall–Kier alpha value is -1.51. The van der Waals surface area contributed by atoms with Crippen LogP contribution < -0.4 is 0 Å². The molecule has 8 heteroatoms. The largest absolute Gasteiger partial charge is 0.392 e. The monoisotopic (exact) mass is 286 g/mol.